The molecule has 20 heavy (non-hydrogen) atoms. The summed E-state index contributed by atoms with van der Waals surface area (Å²) in [6, 6.07) is 2.91. The lowest BCUT2D eigenvalue weighted by molar-refractivity contribution is -0.137. The first-order valence-corrected chi connectivity index (χ1v) is 6.45. The van der Waals surface area contributed by atoms with Crippen LogP contribution in [-0.4, -0.2) is 10.7 Å². The van der Waals surface area contributed by atoms with E-state index in [9.17, 15) is 13.2 Å². The van der Waals surface area contributed by atoms with Crippen LogP contribution < -0.4 is 16.2 Å². The number of quaternary nitrogens is 1. The lowest BCUT2D eigenvalue weighted by atomic mass is 10.0. The highest BCUT2D eigenvalue weighted by Crippen LogP contribution is 2.39. The Bertz CT molecular complexity index is 540. The van der Waals surface area contributed by atoms with Crippen molar-refractivity contribution in [1.82, 2.24) is 4.59 Å². The molecule has 0 aromatic heterocycles. The maximum atomic E-state index is 12.8. The largest absolute Gasteiger partial charge is 0.416 e. The van der Waals surface area contributed by atoms with Gasteiger partial charge in [-0.3, -0.25) is 0 Å². The summed E-state index contributed by atoms with van der Waals surface area (Å²) in [5.74, 6) is 6.17. The number of rotatable bonds is 1. The molecule has 0 radical (unpaired) electrons. The molecule has 0 fully saturated rings. The fraction of sp³-hybridized carbons (Fsp3) is 0.417. The van der Waals surface area contributed by atoms with Crippen molar-refractivity contribution >= 4 is 34.6 Å². The summed E-state index contributed by atoms with van der Waals surface area (Å²) in [6.07, 6.45) is -4.50. The average molecular weight is 327 g/mol. The van der Waals surface area contributed by atoms with Gasteiger partial charge in [0.15, 0.2) is 5.69 Å². The van der Waals surface area contributed by atoms with Crippen LogP contribution in [0.1, 0.15) is 26.3 Å². The quantitative estimate of drug-likeness (QED) is 0.359. The zero-order chi connectivity index (χ0) is 15.9. The van der Waals surface area contributed by atoms with Gasteiger partial charge in [-0.1, -0.05) is 11.6 Å². The van der Waals surface area contributed by atoms with Crippen molar-refractivity contribution < 1.29 is 13.2 Å². The average Bonchev–Trinajstić information content (AvgIpc) is 2.25. The van der Waals surface area contributed by atoms with E-state index >= 15 is 0 Å². The predicted octanol–water partition coefficient (Wildman–Crippen LogP) is 3.58. The van der Waals surface area contributed by atoms with E-state index in [1.54, 1.807) is 20.8 Å². The van der Waals surface area contributed by atoms with Crippen LogP contribution in [0.3, 0.4) is 0 Å². The third-order valence-electron chi connectivity index (χ3n) is 3.06. The number of alkyl halides is 3. The van der Waals surface area contributed by atoms with Gasteiger partial charge < -0.3 is 5.73 Å². The fourth-order valence-corrected chi connectivity index (χ4v) is 2.39. The first-order valence-electron chi connectivity index (χ1n) is 5.67. The molecular formula is C12H16ClF3N3S+. The fourth-order valence-electron chi connectivity index (χ4n) is 1.77. The second-order valence-corrected chi connectivity index (χ2v) is 6.22. The van der Waals surface area contributed by atoms with Crippen LogP contribution in [0.5, 0.6) is 0 Å². The van der Waals surface area contributed by atoms with Gasteiger partial charge in [-0.2, -0.15) is 23.6 Å². The van der Waals surface area contributed by atoms with Crippen molar-refractivity contribution in [3.63, 3.8) is 0 Å². The number of halogens is 4. The molecule has 112 valence electrons. The number of hydrogen-bond donors (Lipinski definition) is 2. The third-order valence-corrected chi connectivity index (χ3v) is 3.67. The van der Waals surface area contributed by atoms with E-state index in [4.69, 9.17) is 35.4 Å². The molecule has 0 aliphatic heterocycles. The van der Waals surface area contributed by atoms with Crippen LogP contribution in [-0.2, 0) is 6.18 Å². The van der Waals surface area contributed by atoms with Crippen LogP contribution in [0, 0.1) is 0 Å². The van der Waals surface area contributed by atoms with E-state index in [1.165, 1.54) is 0 Å². The lowest BCUT2D eigenvalue weighted by Crippen LogP contribution is -2.72. The maximum absolute atomic E-state index is 12.8. The molecule has 8 heteroatoms. The van der Waals surface area contributed by atoms with E-state index < -0.39 is 21.9 Å². The highest BCUT2D eigenvalue weighted by Gasteiger charge is 2.46. The Balaban J connectivity index is 3.62. The first-order chi connectivity index (χ1) is 8.81. The molecular weight excluding hydrogens is 311 g/mol. The topological polar surface area (TPSA) is 52.0 Å². The first kappa shape index (κ1) is 17.2. The Morgan fingerprint density at radius 2 is 1.75 bits per heavy atom. The Kier molecular flexibility index (Phi) is 4.41. The molecule has 0 aliphatic rings. The van der Waals surface area contributed by atoms with Crippen molar-refractivity contribution in [2.45, 2.75) is 32.5 Å². The molecule has 1 aromatic carbocycles. The molecule has 3 nitrogen and oxygen atoms in total. The van der Waals surface area contributed by atoms with Crippen molar-refractivity contribution in [3.8, 4) is 0 Å². The normalized spacial score (nSPS) is 15.8. The minimum Gasteiger partial charge on any atom is -0.343 e. The summed E-state index contributed by atoms with van der Waals surface area (Å²) in [7, 11) is 0. The molecule has 0 amide bonds. The van der Waals surface area contributed by atoms with Crippen molar-refractivity contribution in [3.05, 3.63) is 28.8 Å². The minimum atomic E-state index is -4.50. The number of hydrogen-bond acceptors (Lipinski definition) is 2. The van der Waals surface area contributed by atoms with Crippen molar-refractivity contribution in [1.29, 1.82) is 0 Å². The molecule has 0 spiro atoms. The Morgan fingerprint density at radius 1 is 1.25 bits per heavy atom. The summed E-state index contributed by atoms with van der Waals surface area (Å²) in [6.45, 7) is 5.13. The molecule has 1 aromatic rings. The summed E-state index contributed by atoms with van der Waals surface area (Å²) >= 11 is 10.9. The molecule has 4 N–H and O–H groups in total. The number of thiocarbonyl (C=S) groups is 1. The zero-order valence-electron chi connectivity index (χ0n) is 11.3. The van der Waals surface area contributed by atoms with Crippen molar-refractivity contribution in [2.24, 2.45) is 11.6 Å². The molecule has 0 saturated carbocycles. The standard InChI is InChI=1S/C12H15ClF3N3S/c1-11(2,3)19(18,10(17)20)9-6-7(12(14,15)16)4-5-8(9)13/h4-6H,18H2,1-3H3,(H-,17,20)/p+1. The molecule has 0 aliphatic carbocycles. The second kappa shape index (κ2) is 5.14. The van der Waals surface area contributed by atoms with Gasteiger partial charge >= 0.3 is 6.18 Å². The van der Waals surface area contributed by atoms with Crippen molar-refractivity contribution in [2.75, 3.05) is 0 Å². The van der Waals surface area contributed by atoms with Gasteiger partial charge in [0.25, 0.3) is 5.11 Å². The summed E-state index contributed by atoms with van der Waals surface area (Å²) in [5.41, 5.74) is 4.05. The van der Waals surface area contributed by atoms with E-state index in [1.807, 2.05) is 0 Å². The van der Waals surface area contributed by atoms with E-state index in [2.05, 4.69) is 0 Å². The lowest BCUT2D eigenvalue weighted by Gasteiger charge is -2.41. The van der Waals surface area contributed by atoms with E-state index in [-0.39, 0.29) is 15.8 Å². The van der Waals surface area contributed by atoms with Gasteiger partial charge in [0.2, 0.25) is 0 Å². The van der Waals surface area contributed by atoms with Crippen LogP contribution >= 0.6 is 23.8 Å². The molecule has 0 saturated heterocycles. The van der Waals surface area contributed by atoms with Gasteiger partial charge in [-0.15, -0.1) is 0 Å². The van der Waals surface area contributed by atoms with Gasteiger partial charge in [-0.25, -0.2) is 0 Å². The Hall–Kier alpha value is -0.890. The number of nitrogens with zero attached hydrogens (tertiary/aromatic N) is 1. The SMILES string of the molecule is CC(C)(C)[N+](N)(C(N)=S)c1cc(C(F)(F)F)ccc1Cl. The highest BCUT2D eigenvalue weighted by atomic mass is 35.5. The molecule has 0 bridgehead atoms. The predicted molar refractivity (Wildman–Crippen MR) is 79.0 cm³/mol. The number of benzene rings is 1. The monoisotopic (exact) mass is 326 g/mol. The summed E-state index contributed by atoms with van der Waals surface area (Å²) < 4.78 is 37.8. The van der Waals surface area contributed by atoms with E-state index in [0.29, 0.717) is 0 Å². The Morgan fingerprint density at radius 3 is 2.10 bits per heavy atom. The molecule has 1 unspecified atom stereocenters. The number of nitrogens with two attached hydrogens (primary N) is 2. The van der Waals surface area contributed by atoms with E-state index in [0.717, 1.165) is 18.2 Å². The Labute approximate surface area is 125 Å². The third kappa shape index (κ3) is 2.90. The van der Waals surface area contributed by atoms with Crippen LogP contribution in [0.2, 0.25) is 5.02 Å². The molecule has 1 rings (SSSR count). The second-order valence-electron chi connectivity index (χ2n) is 5.40. The van der Waals surface area contributed by atoms with Gasteiger partial charge in [-0.05, 0) is 32.9 Å². The van der Waals surface area contributed by atoms with Crippen LogP contribution in [0.4, 0.5) is 18.9 Å². The highest BCUT2D eigenvalue weighted by molar-refractivity contribution is 7.80. The van der Waals surface area contributed by atoms with Gasteiger partial charge in [0, 0.05) is 18.3 Å². The minimum absolute atomic E-state index is 0.0153. The van der Waals surface area contributed by atoms with Crippen LogP contribution in [0.25, 0.3) is 0 Å². The van der Waals surface area contributed by atoms with Gasteiger partial charge in [0.1, 0.15) is 10.6 Å². The summed E-state index contributed by atoms with van der Waals surface area (Å²) in [4.78, 5) is 0. The molecule has 1 atom stereocenters. The maximum Gasteiger partial charge on any atom is 0.416 e. The smallest absolute Gasteiger partial charge is 0.343 e. The van der Waals surface area contributed by atoms with Gasteiger partial charge in [0.05, 0.1) is 5.56 Å². The molecule has 0 heterocycles. The van der Waals surface area contributed by atoms with Crippen LogP contribution in [0.15, 0.2) is 18.2 Å². The zero-order valence-corrected chi connectivity index (χ0v) is 12.8. The summed E-state index contributed by atoms with van der Waals surface area (Å²) in [5, 5.41) is -0.0954.